The molecule has 0 amide bonds. The molecule has 0 saturated carbocycles. The summed E-state index contributed by atoms with van der Waals surface area (Å²) in [6, 6.07) is 8.41. The number of halogens is 2. The van der Waals surface area contributed by atoms with Crippen molar-refractivity contribution < 1.29 is 14.6 Å². The van der Waals surface area contributed by atoms with E-state index in [1.165, 1.54) is 0 Å². The molecule has 2 rings (SSSR count). The third kappa shape index (κ3) is 3.31. The number of aromatic carboxylic acids is 1. The van der Waals surface area contributed by atoms with Crippen LogP contribution in [0.3, 0.4) is 0 Å². The zero-order valence-corrected chi connectivity index (χ0v) is 13.1. The molecule has 0 aliphatic carbocycles. The zero-order valence-electron chi connectivity index (χ0n) is 11.6. The Kier molecular flexibility index (Phi) is 4.76. The average molecular weight is 325 g/mol. The summed E-state index contributed by atoms with van der Waals surface area (Å²) < 4.78 is 5.37. The third-order valence-electron chi connectivity index (χ3n) is 3.02. The number of aryl methyl sites for hydroxylation is 1. The molecule has 0 aliphatic rings. The Morgan fingerprint density at radius 1 is 1.14 bits per heavy atom. The fraction of sp³-hybridized carbons (Fsp3) is 0.188. The minimum Gasteiger partial charge on any atom is -0.492 e. The Bertz CT molecular complexity index is 696. The van der Waals surface area contributed by atoms with Crippen molar-refractivity contribution >= 4 is 29.2 Å². The van der Waals surface area contributed by atoms with Gasteiger partial charge in [0.2, 0.25) is 0 Å². The van der Waals surface area contributed by atoms with Gasteiger partial charge in [0, 0.05) is 11.6 Å². The van der Waals surface area contributed by atoms with Crippen LogP contribution in [-0.4, -0.2) is 17.7 Å². The first-order chi connectivity index (χ1) is 9.93. The van der Waals surface area contributed by atoms with E-state index in [0.29, 0.717) is 33.5 Å². The minimum absolute atomic E-state index is 0.192. The van der Waals surface area contributed by atoms with Crippen LogP contribution in [0.25, 0.3) is 11.1 Å². The molecule has 0 aliphatic heterocycles. The molecule has 3 nitrogen and oxygen atoms in total. The van der Waals surface area contributed by atoms with Crippen LogP contribution < -0.4 is 4.74 Å². The molecule has 0 aromatic heterocycles. The fourth-order valence-electron chi connectivity index (χ4n) is 2.07. The van der Waals surface area contributed by atoms with Crippen LogP contribution in [0.1, 0.15) is 22.8 Å². The number of ether oxygens (including phenoxy) is 1. The van der Waals surface area contributed by atoms with E-state index in [1.807, 2.05) is 19.9 Å². The van der Waals surface area contributed by atoms with Gasteiger partial charge >= 0.3 is 5.97 Å². The second-order valence-electron chi connectivity index (χ2n) is 4.55. The molecule has 2 aromatic rings. The molecular weight excluding hydrogens is 311 g/mol. The normalized spacial score (nSPS) is 10.5. The van der Waals surface area contributed by atoms with Gasteiger partial charge in [-0.25, -0.2) is 4.79 Å². The van der Waals surface area contributed by atoms with Crippen LogP contribution in [0.5, 0.6) is 5.75 Å². The molecule has 2 aromatic carbocycles. The fourth-order valence-corrected chi connectivity index (χ4v) is 2.54. The van der Waals surface area contributed by atoms with Crippen LogP contribution in [0, 0.1) is 6.92 Å². The van der Waals surface area contributed by atoms with Crippen molar-refractivity contribution in [2.45, 2.75) is 13.8 Å². The maximum absolute atomic E-state index is 11.4. The van der Waals surface area contributed by atoms with E-state index in [9.17, 15) is 9.90 Å². The highest BCUT2D eigenvalue weighted by Crippen LogP contribution is 2.38. The van der Waals surface area contributed by atoms with Gasteiger partial charge < -0.3 is 9.84 Å². The average Bonchev–Trinajstić information content (AvgIpc) is 2.43. The summed E-state index contributed by atoms with van der Waals surface area (Å²) in [6.07, 6.45) is 0. The van der Waals surface area contributed by atoms with E-state index in [1.54, 1.807) is 24.3 Å². The second-order valence-corrected chi connectivity index (χ2v) is 5.36. The summed E-state index contributed by atoms with van der Waals surface area (Å²) in [7, 11) is 0. The molecule has 110 valence electrons. The molecule has 0 saturated heterocycles. The van der Waals surface area contributed by atoms with Crippen LogP contribution in [-0.2, 0) is 0 Å². The third-order valence-corrected chi connectivity index (χ3v) is 3.63. The van der Waals surface area contributed by atoms with Gasteiger partial charge in [-0.3, -0.25) is 0 Å². The van der Waals surface area contributed by atoms with E-state index in [-0.39, 0.29) is 5.56 Å². The highest BCUT2D eigenvalue weighted by Gasteiger charge is 2.16. The number of hydrogen-bond acceptors (Lipinski definition) is 2. The van der Waals surface area contributed by atoms with Crippen LogP contribution >= 0.6 is 23.2 Å². The summed E-state index contributed by atoms with van der Waals surface area (Å²) in [6.45, 7) is 4.16. The van der Waals surface area contributed by atoms with Crippen molar-refractivity contribution in [2.75, 3.05) is 6.61 Å². The molecule has 0 fully saturated rings. The first-order valence-electron chi connectivity index (χ1n) is 6.40. The topological polar surface area (TPSA) is 46.5 Å². The first-order valence-corrected chi connectivity index (χ1v) is 7.15. The molecule has 1 N–H and O–H groups in total. The number of carboxylic acids is 1. The smallest absolute Gasteiger partial charge is 0.336 e. The van der Waals surface area contributed by atoms with Gasteiger partial charge in [0.1, 0.15) is 5.75 Å². The summed E-state index contributed by atoms with van der Waals surface area (Å²) in [5.41, 5.74) is 2.16. The highest BCUT2D eigenvalue weighted by atomic mass is 35.5. The number of carbonyl (C=O) groups is 1. The summed E-state index contributed by atoms with van der Waals surface area (Å²) in [4.78, 5) is 11.4. The monoisotopic (exact) mass is 324 g/mol. The molecule has 0 bridgehead atoms. The van der Waals surface area contributed by atoms with E-state index in [2.05, 4.69) is 0 Å². The molecule has 21 heavy (non-hydrogen) atoms. The van der Waals surface area contributed by atoms with Crippen molar-refractivity contribution in [1.29, 1.82) is 0 Å². The number of hydrogen-bond donors (Lipinski definition) is 1. The van der Waals surface area contributed by atoms with Gasteiger partial charge in [-0.15, -0.1) is 0 Å². The number of carboxylic acid groups (broad SMARTS) is 1. The zero-order chi connectivity index (χ0) is 15.6. The number of rotatable bonds is 4. The highest BCUT2D eigenvalue weighted by molar-refractivity contribution is 6.36. The largest absolute Gasteiger partial charge is 0.492 e. The lowest BCUT2D eigenvalue weighted by Gasteiger charge is -2.12. The van der Waals surface area contributed by atoms with Crippen molar-refractivity contribution in [2.24, 2.45) is 0 Å². The first kappa shape index (κ1) is 15.7. The van der Waals surface area contributed by atoms with Crippen molar-refractivity contribution in [3.05, 3.63) is 51.5 Å². The quantitative estimate of drug-likeness (QED) is 0.854. The SMILES string of the molecule is CCOc1cc(Cl)c(-c2ccc(C)cc2C(=O)O)cc1Cl. The Balaban J connectivity index is 2.62. The van der Waals surface area contributed by atoms with E-state index in [4.69, 9.17) is 27.9 Å². The molecular formula is C16H14Cl2O3. The maximum Gasteiger partial charge on any atom is 0.336 e. The van der Waals surface area contributed by atoms with Crippen molar-refractivity contribution in [1.82, 2.24) is 0 Å². The van der Waals surface area contributed by atoms with Crippen LogP contribution in [0.4, 0.5) is 0 Å². The van der Waals surface area contributed by atoms with E-state index in [0.717, 1.165) is 5.56 Å². The summed E-state index contributed by atoms with van der Waals surface area (Å²) in [5.74, 6) is -0.522. The molecule has 0 spiro atoms. The minimum atomic E-state index is -1.00. The van der Waals surface area contributed by atoms with Crippen molar-refractivity contribution in [3.63, 3.8) is 0 Å². The summed E-state index contributed by atoms with van der Waals surface area (Å²) >= 11 is 12.4. The van der Waals surface area contributed by atoms with Crippen LogP contribution in [0.15, 0.2) is 30.3 Å². The lowest BCUT2D eigenvalue weighted by atomic mass is 9.97. The van der Waals surface area contributed by atoms with E-state index >= 15 is 0 Å². The standard InChI is InChI=1S/C16H14Cl2O3/c1-3-21-15-8-13(17)11(7-14(15)18)10-5-4-9(2)6-12(10)16(19)20/h4-8H,3H2,1-2H3,(H,19,20). The van der Waals surface area contributed by atoms with Gasteiger partial charge in [-0.1, -0.05) is 40.9 Å². The van der Waals surface area contributed by atoms with Gasteiger partial charge in [0.25, 0.3) is 0 Å². The Morgan fingerprint density at radius 3 is 2.48 bits per heavy atom. The molecule has 0 heterocycles. The number of benzene rings is 2. The lowest BCUT2D eigenvalue weighted by Crippen LogP contribution is -2.01. The molecule has 0 radical (unpaired) electrons. The molecule has 5 heteroatoms. The van der Waals surface area contributed by atoms with Crippen LogP contribution in [0.2, 0.25) is 10.0 Å². The lowest BCUT2D eigenvalue weighted by molar-refractivity contribution is 0.0697. The summed E-state index contributed by atoms with van der Waals surface area (Å²) in [5, 5.41) is 10.1. The predicted molar refractivity (Wildman–Crippen MR) is 84.8 cm³/mol. The Morgan fingerprint density at radius 2 is 1.86 bits per heavy atom. The van der Waals surface area contributed by atoms with Crippen molar-refractivity contribution in [3.8, 4) is 16.9 Å². The Hall–Kier alpha value is -1.71. The van der Waals surface area contributed by atoms with Gasteiger partial charge in [-0.05, 0) is 31.5 Å². The maximum atomic E-state index is 11.4. The van der Waals surface area contributed by atoms with Gasteiger partial charge in [-0.2, -0.15) is 0 Å². The Labute approximate surface area is 133 Å². The predicted octanol–water partition coefficient (Wildman–Crippen LogP) is 5.07. The molecule has 0 unspecified atom stereocenters. The second kappa shape index (κ2) is 6.37. The molecule has 0 atom stereocenters. The van der Waals surface area contributed by atoms with Gasteiger partial charge in [0.15, 0.2) is 0 Å². The van der Waals surface area contributed by atoms with E-state index < -0.39 is 5.97 Å². The van der Waals surface area contributed by atoms with Gasteiger partial charge in [0.05, 0.1) is 22.2 Å².